The van der Waals surface area contributed by atoms with Crippen molar-refractivity contribution in [2.24, 2.45) is 0 Å². The molecule has 3 aromatic rings. The molecule has 0 saturated carbocycles. The van der Waals surface area contributed by atoms with Crippen molar-refractivity contribution in [1.29, 1.82) is 0 Å². The highest BCUT2D eigenvalue weighted by Crippen LogP contribution is 2.15. The van der Waals surface area contributed by atoms with Crippen molar-refractivity contribution >= 4 is 23.2 Å². The van der Waals surface area contributed by atoms with E-state index >= 15 is 0 Å². The van der Waals surface area contributed by atoms with Crippen molar-refractivity contribution in [3.05, 3.63) is 87.9 Å². The first-order valence-electron chi connectivity index (χ1n) is 9.15. The molecule has 5 nitrogen and oxygen atoms in total. The Morgan fingerprint density at radius 1 is 1.04 bits per heavy atom. The first-order chi connectivity index (χ1) is 13.7. The molecule has 3 rings (SSSR count). The molecule has 1 N–H and O–H groups in total. The molecular formula is C22H22N2O3S. The van der Waals surface area contributed by atoms with Crippen molar-refractivity contribution in [2.75, 3.05) is 6.61 Å². The lowest BCUT2D eigenvalue weighted by molar-refractivity contribution is -0.145. The zero-order valence-corrected chi connectivity index (χ0v) is 16.4. The summed E-state index contributed by atoms with van der Waals surface area (Å²) in [5, 5.41) is 5.35. The van der Waals surface area contributed by atoms with Gasteiger partial charge in [-0.05, 0) is 18.1 Å². The highest BCUT2D eigenvalue weighted by atomic mass is 32.1. The molecule has 1 amide bonds. The van der Waals surface area contributed by atoms with Crippen LogP contribution >= 0.6 is 11.3 Å². The molecule has 0 aliphatic heterocycles. The number of ether oxygens (including phenoxy) is 1. The van der Waals surface area contributed by atoms with Gasteiger partial charge in [0.15, 0.2) is 0 Å². The lowest BCUT2D eigenvalue weighted by Gasteiger charge is -2.16. The van der Waals surface area contributed by atoms with Gasteiger partial charge in [-0.2, -0.15) is 0 Å². The maximum absolute atomic E-state index is 12.6. The van der Waals surface area contributed by atoms with Gasteiger partial charge in [-0.1, -0.05) is 60.7 Å². The van der Waals surface area contributed by atoms with Gasteiger partial charge < -0.3 is 10.1 Å². The minimum atomic E-state index is -0.755. The summed E-state index contributed by atoms with van der Waals surface area (Å²) >= 11 is 1.43. The second-order valence-electron chi connectivity index (χ2n) is 6.26. The zero-order chi connectivity index (χ0) is 19.8. The van der Waals surface area contributed by atoms with E-state index in [9.17, 15) is 9.59 Å². The molecule has 1 unspecified atom stereocenters. The van der Waals surface area contributed by atoms with Crippen LogP contribution < -0.4 is 5.32 Å². The largest absolute Gasteiger partial charge is 0.464 e. The number of carbonyl (C=O) groups excluding carboxylic acids is 2. The number of hydrogen-bond donors (Lipinski definition) is 1. The Morgan fingerprint density at radius 2 is 1.68 bits per heavy atom. The SMILES string of the molecule is CCOC(=O)C(Cc1ccccc1)NC(=O)c1csc(Cc2ccccc2)n1. The molecule has 1 atom stereocenters. The van der Waals surface area contributed by atoms with Crippen LogP contribution in [-0.4, -0.2) is 29.5 Å². The highest BCUT2D eigenvalue weighted by molar-refractivity contribution is 7.09. The van der Waals surface area contributed by atoms with Gasteiger partial charge in [0, 0.05) is 18.2 Å². The van der Waals surface area contributed by atoms with Gasteiger partial charge in [0.25, 0.3) is 5.91 Å². The summed E-state index contributed by atoms with van der Waals surface area (Å²) in [6.45, 7) is 2.01. The summed E-state index contributed by atoms with van der Waals surface area (Å²) in [4.78, 5) is 29.4. The molecule has 0 fully saturated rings. The molecule has 0 aliphatic carbocycles. The molecule has 6 heteroatoms. The Hall–Kier alpha value is -2.99. The summed E-state index contributed by atoms with van der Waals surface area (Å²) < 4.78 is 5.13. The van der Waals surface area contributed by atoms with E-state index in [4.69, 9.17) is 4.74 Å². The van der Waals surface area contributed by atoms with E-state index < -0.39 is 12.0 Å². The van der Waals surface area contributed by atoms with Crippen LogP contribution in [0.1, 0.15) is 33.5 Å². The Kier molecular flexibility index (Phi) is 6.92. The third kappa shape index (κ3) is 5.50. The lowest BCUT2D eigenvalue weighted by atomic mass is 10.1. The lowest BCUT2D eigenvalue weighted by Crippen LogP contribution is -2.43. The normalized spacial score (nSPS) is 11.6. The first-order valence-corrected chi connectivity index (χ1v) is 10.0. The van der Waals surface area contributed by atoms with E-state index in [1.165, 1.54) is 11.3 Å². The number of thiazole rings is 1. The van der Waals surface area contributed by atoms with E-state index in [1.807, 2.05) is 60.7 Å². The molecule has 0 radical (unpaired) electrons. The van der Waals surface area contributed by atoms with E-state index in [2.05, 4.69) is 10.3 Å². The molecule has 0 saturated heterocycles. The molecule has 0 bridgehead atoms. The second-order valence-corrected chi connectivity index (χ2v) is 7.20. The molecule has 0 spiro atoms. The summed E-state index contributed by atoms with van der Waals surface area (Å²) in [7, 11) is 0. The topological polar surface area (TPSA) is 68.3 Å². The molecular weight excluding hydrogens is 372 g/mol. The van der Waals surface area contributed by atoms with Crippen LogP contribution in [0.2, 0.25) is 0 Å². The number of hydrogen-bond acceptors (Lipinski definition) is 5. The zero-order valence-electron chi connectivity index (χ0n) is 15.6. The van der Waals surface area contributed by atoms with Crippen LogP contribution in [0.25, 0.3) is 0 Å². The fourth-order valence-corrected chi connectivity index (χ4v) is 3.59. The average Bonchev–Trinajstić information content (AvgIpc) is 3.18. The number of nitrogens with one attached hydrogen (secondary N) is 1. The van der Waals surface area contributed by atoms with Crippen molar-refractivity contribution in [2.45, 2.75) is 25.8 Å². The summed E-state index contributed by atoms with van der Waals surface area (Å²) in [5.74, 6) is -0.816. The Labute approximate surface area is 168 Å². The Morgan fingerprint density at radius 3 is 2.32 bits per heavy atom. The Bertz CT molecular complexity index is 910. The second kappa shape index (κ2) is 9.80. The predicted octanol–water partition coefficient (Wildman–Crippen LogP) is 3.64. The number of aromatic nitrogens is 1. The third-order valence-corrected chi connectivity index (χ3v) is 4.99. The number of carbonyl (C=O) groups is 2. The van der Waals surface area contributed by atoms with E-state index in [1.54, 1.807) is 12.3 Å². The van der Waals surface area contributed by atoms with Crippen molar-refractivity contribution < 1.29 is 14.3 Å². The minimum Gasteiger partial charge on any atom is -0.464 e. The first kappa shape index (κ1) is 19.8. The van der Waals surface area contributed by atoms with Gasteiger partial charge in [0.2, 0.25) is 0 Å². The summed E-state index contributed by atoms with van der Waals surface area (Å²) in [5.41, 5.74) is 2.40. The van der Waals surface area contributed by atoms with E-state index in [0.717, 1.165) is 16.1 Å². The van der Waals surface area contributed by atoms with Crippen LogP contribution in [0.4, 0.5) is 0 Å². The van der Waals surface area contributed by atoms with Gasteiger partial charge in [0.1, 0.15) is 11.7 Å². The minimum absolute atomic E-state index is 0.262. The van der Waals surface area contributed by atoms with Crippen LogP contribution in [0.5, 0.6) is 0 Å². The maximum atomic E-state index is 12.6. The molecule has 1 heterocycles. The van der Waals surface area contributed by atoms with Crippen molar-refractivity contribution in [1.82, 2.24) is 10.3 Å². The standard InChI is InChI=1S/C22H22N2O3S/c1-2-27-22(26)18(13-16-9-5-3-6-10-16)24-21(25)19-15-28-20(23-19)14-17-11-7-4-8-12-17/h3-12,15,18H,2,13-14H2,1H3,(H,24,25). The van der Waals surface area contributed by atoms with Crippen molar-refractivity contribution in [3.63, 3.8) is 0 Å². The molecule has 28 heavy (non-hydrogen) atoms. The predicted molar refractivity (Wildman–Crippen MR) is 109 cm³/mol. The number of esters is 1. The van der Waals surface area contributed by atoms with E-state index in [-0.39, 0.29) is 12.5 Å². The van der Waals surface area contributed by atoms with Gasteiger partial charge >= 0.3 is 5.97 Å². The molecule has 0 aliphatic rings. The van der Waals surface area contributed by atoms with Crippen LogP contribution in [0.3, 0.4) is 0 Å². The smallest absolute Gasteiger partial charge is 0.328 e. The number of nitrogens with zero attached hydrogens (tertiary/aromatic N) is 1. The van der Waals surface area contributed by atoms with Gasteiger partial charge in [0.05, 0.1) is 11.6 Å². The van der Waals surface area contributed by atoms with Crippen molar-refractivity contribution in [3.8, 4) is 0 Å². The maximum Gasteiger partial charge on any atom is 0.328 e. The average molecular weight is 394 g/mol. The van der Waals surface area contributed by atoms with Crippen LogP contribution in [0.15, 0.2) is 66.0 Å². The quantitative estimate of drug-likeness (QED) is 0.592. The third-order valence-electron chi connectivity index (χ3n) is 4.14. The van der Waals surface area contributed by atoms with Gasteiger partial charge in [-0.25, -0.2) is 9.78 Å². The summed E-state index contributed by atoms with van der Waals surface area (Å²) in [6.07, 6.45) is 1.04. The van der Waals surface area contributed by atoms with Crippen LogP contribution in [-0.2, 0) is 22.4 Å². The summed E-state index contributed by atoms with van der Waals surface area (Å²) in [6, 6.07) is 18.7. The molecule has 1 aromatic heterocycles. The number of benzene rings is 2. The molecule has 2 aromatic carbocycles. The fourth-order valence-electron chi connectivity index (χ4n) is 2.78. The Balaban J connectivity index is 1.68. The van der Waals surface area contributed by atoms with E-state index in [0.29, 0.717) is 18.5 Å². The monoisotopic (exact) mass is 394 g/mol. The number of amides is 1. The van der Waals surface area contributed by atoms with Gasteiger partial charge in [-0.3, -0.25) is 4.79 Å². The molecule has 144 valence electrons. The van der Waals surface area contributed by atoms with Gasteiger partial charge in [-0.15, -0.1) is 11.3 Å². The van der Waals surface area contributed by atoms with Crippen LogP contribution in [0, 0.1) is 0 Å². The number of rotatable bonds is 8. The fraction of sp³-hybridized carbons (Fsp3) is 0.227. The highest BCUT2D eigenvalue weighted by Gasteiger charge is 2.24.